The maximum atomic E-state index is 5.23. The zero-order valence-corrected chi connectivity index (χ0v) is 14.6. The van der Waals surface area contributed by atoms with Crippen LogP contribution in [0, 0.1) is 5.92 Å². The van der Waals surface area contributed by atoms with Crippen molar-refractivity contribution >= 4 is 5.96 Å². The number of hydrogen-bond donors (Lipinski definition) is 2. The van der Waals surface area contributed by atoms with Gasteiger partial charge in [-0.1, -0.05) is 32.9 Å². The maximum Gasteiger partial charge on any atom is 0.226 e. The molecule has 1 aromatic rings. The lowest BCUT2D eigenvalue weighted by molar-refractivity contribution is 0.369. The molecule has 6 nitrogen and oxygen atoms in total. The molecule has 0 saturated carbocycles. The number of aromatic nitrogens is 2. The summed E-state index contributed by atoms with van der Waals surface area (Å²) in [6.07, 6.45) is 2.82. The molecule has 6 heteroatoms. The van der Waals surface area contributed by atoms with Crippen LogP contribution in [-0.4, -0.2) is 35.7 Å². The van der Waals surface area contributed by atoms with Gasteiger partial charge in [0.15, 0.2) is 11.8 Å². The number of nitrogens with one attached hydrogen (secondary N) is 2. The van der Waals surface area contributed by atoms with E-state index in [2.05, 4.69) is 60.4 Å². The van der Waals surface area contributed by atoms with E-state index in [9.17, 15) is 0 Å². The topological polar surface area (TPSA) is 75.3 Å². The molecular weight excluding hydrogens is 278 g/mol. The standard InChI is InChI=1S/C16H31N5O/c1-6-17-16(19-11-9-12(2)3)18-10-7-8-14-20-15(13(4)5)21-22-14/h12-13H,6-11H2,1-5H3,(H2,17,18,19). The first-order chi connectivity index (χ1) is 10.5. The normalized spacial score (nSPS) is 12.2. The summed E-state index contributed by atoms with van der Waals surface area (Å²) in [4.78, 5) is 8.95. The van der Waals surface area contributed by atoms with Crippen LogP contribution in [-0.2, 0) is 6.42 Å². The number of hydrogen-bond acceptors (Lipinski definition) is 4. The van der Waals surface area contributed by atoms with Crippen molar-refractivity contribution in [2.24, 2.45) is 10.9 Å². The second-order valence-corrected chi connectivity index (χ2v) is 6.17. The highest BCUT2D eigenvalue weighted by Crippen LogP contribution is 2.10. The zero-order chi connectivity index (χ0) is 16.4. The van der Waals surface area contributed by atoms with Crippen LogP contribution >= 0.6 is 0 Å². The second kappa shape index (κ2) is 10.2. The van der Waals surface area contributed by atoms with Gasteiger partial charge in [-0.25, -0.2) is 0 Å². The summed E-state index contributed by atoms with van der Waals surface area (Å²) in [7, 11) is 0. The lowest BCUT2D eigenvalue weighted by Gasteiger charge is -2.12. The minimum atomic E-state index is 0.307. The Balaban J connectivity index is 2.32. The molecule has 0 aliphatic carbocycles. The van der Waals surface area contributed by atoms with E-state index in [0.717, 1.165) is 50.7 Å². The molecule has 2 N–H and O–H groups in total. The van der Waals surface area contributed by atoms with Gasteiger partial charge in [-0.15, -0.1) is 0 Å². The van der Waals surface area contributed by atoms with Crippen LogP contribution in [0.25, 0.3) is 0 Å². The van der Waals surface area contributed by atoms with Crippen molar-refractivity contribution in [3.05, 3.63) is 11.7 Å². The van der Waals surface area contributed by atoms with Gasteiger partial charge in [-0.05, 0) is 25.7 Å². The Morgan fingerprint density at radius 1 is 1.23 bits per heavy atom. The summed E-state index contributed by atoms with van der Waals surface area (Å²) >= 11 is 0. The number of nitrogens with zero attached hydrogens (tertiary/aromatic N) is 3. The van der Waals surface area contributed by atoms with Crippen LogP contribution in [0.3, 0.4) is 0 Å². The monoisotopic (exact) mass is 309 g/mol. The first-order valence-corrected chi connectivity index (χ1v) is 8.37. The van der Waals surface area contributed by atoms with E-state index in [1.165, 1.54) is 0 Å². The van der Waals surface area contributed by atoms with Crippen LogP contribution in [0.15, 0.2) is 9.52 Å². The van der Waals surface area contributed by atoms with Crippen molar-refractivity contribution in [3.63, 3.8) is 0 Å². The molecule has 22 heavy (non-hydrogen) atoms. The van der Waals surface area contributed by atoms with Crippen LogP contribution in [0.1, 0.15) is 65.1 Å². The number of guanidine groups is 1. The fourth-order valence-corrected chi connectivity index (χ4v) is 1.85. The molecule has 0 radical (unpaired) electrons. The van der Waals surface area contributed by atoms with E-state index < -0.39 is 0 Å². The van der Waals surface area contributed by atoms with Gasteiger partial charge in [-0.2, -0.15) is 4.98 Å². The van der Waals surface area contributed by atoms with Gasteiger partial charge < -0.3 is 15.2 Å². The molecule has 0 amide bonds. The molecule has 1 rings (SSSR count). The first kappa shape index (κ1) is 18.5. The van der Waals surface area contributed by atoms with E-state index in [1.54, 1.807) is 0 Å². The highest BCUT2D eigenvalue weighted by Gasteiger charge is 2.08. The van der Waals surface area contributed by atoms with E-state index >= 15 is 0 Å². The third kappa shape index (κ3) is 7.43. The highest BCUT2D eigenvalue weighted by molar-refractivity contribution is 5.79. The molecule has 0 aliphatic heterocycles. The van der Waals surface area contributed by atoms with E-state index in [0.29, 0.717) is 17.7 Å². The third-order valence-corrected chi connectivity index (χ3v) is 3.18. The molecular formula is C16H31N5O. The fourth-order valence-electron chi connectivity index (χ4n) is 1.85. The molecule has 0 aliphatic rings. The van der Waals surface area contributed by atoms with Gasteiger partial charge in [0.25, 0.3) is 0 Å². The Kier molecular flexibility index (Phi) is 8.55. The van der Waals surface area contributed by atoms with Crippen molar-refractivity contribution in [2.45, 2.75) is 59.8 Å². The number of rotatable bonds is 9. The van der Waals surface area contributed by atoms with Gasteiger partial charge in [0, 0.05) is 32.0 Å². The molecule has 0 aromatic carbocycles. The summed E-state index contributed by atoms with van der Waals surface area (Å²) in [5.41, 5.74) is 0. The molecule has 0 spiro atoms. The largest absolute Gasteiger partial charge is 0.357 e. The Bertz CT molecular complexity index is 439. The van der Waals surface area contributed by atoms with Crippen LogP contribution in [0.5, 0.6) is 0 Å². The van der Waals surface area contributed by atoms with Crippen LogP contribution in [0.2, 0.25) is 0 Å². The molecule has 0 unspecified atom stereocenters. The van der Waals surface area contributed by atoms with Gasteiger partial charge in [0.2, 0.25) is 5.89 Å². The highest BCUT2D eigenvalue weighted by atomic mass is 16.5. The van der Waals surface area contributed by atoms with E-state index in [1.807, 2.05) is 0 Å². The summed E-state index contributed by atoms with van der Waals surface area (Å²) in [6, 6.07) is 0. The summed E-state index contributed by atoms with van der Waals surface area (Å²) < 4.78 is 5.23. The Hall–Kier alpha value is -1.59. The first-order valence-electron chi connectivity index (χ1n) is 8.37. The lowest BCUT2D eigenvalue weighted by atomic mass is 10.1. The minimum absolute atomic E-state index is 0.307. The second-order valence-electron chi connectivity index (χ2n) is 6.17. The van der Waals surface area contributed by atoms with Crippen molar-refractivity contribution < 1.29 is 4.52 Å². The average Bonchev–Trinajstić information content (AvgIpc) is 2.92. The van der Waals surface area contributed by atoms with Crippen LogP contribution < -0.4 is 10.6 Å². The number of aliphatic imine (C=N–C) groups is 1. The van der Waals surface area contributed by atoms with Crippen molar-refractivity contribution in [3.8, 4) is 0 Å². The Morgan fingerprint density at radius 2 is 2.00 bits per heavy atom. The van der Waals surface area contributed by atoms with Crippen molar-refractivity contribution in [2.75, 3.05) is 19.6 Å². The zero-order valence-electron chi connectivity index (χ0n) is 14.6. The molecule has 126 valence electrons. The smallest absolute Gasteiger partial charge is 0.226 e. The molecule has 0 fully saturated rings. The Morgan fingerprint density at radius 3 is 2.59 bits per heavy atom. The predicted octanol–water partition coefficient (Wildman–Crippen LogP) is 2.73. The van der Waals surface area contributed by atoms with Crippen LogP contribution in [0.4, 0.5) is 0 Å². The third-order valence-electron chi connectivity index (χ3n) is 3.18. The SMILES string of the molecule is CCNC(=NCCCc1nc(C(C)C)no1)NCCC(C)C. The fraction of sp³-hybridized carbons (Fsp3) is 0.812. The molecule has 1 aromatic heterocycles. The molecule has 1 heterocycles. The van der Waals surface area contributed by atoms with E-state index in [-0.39, 0.29) is 0 Å². The molecule has 0 saturated heterocycles. The molecule has 0 bridgehead atoms. The van der Waals surface area contributed by atoms with Gasteiger partial charge in [-0.3, -0.25) is 4.99 Å². The van der Waals surface area contributed by atoms with Gasteiger partial charge in [0.1, 0.15) is 0 Å². The van der Waals surface area contributed by atoms with Gasteiger partial charge in [0.05, 0.1) is 0 Å². The summed E-state index contributed by atoms with van der Waals surface area (Å²) in [6.45, 7) is 13.2. The predicted molar refractivity (Wildman–Crippen MR) is 90.1 cm³/mol. The Labute approximate surface area is 134 Å². The minimum Gasteiger partial charge on any atom is -0.357 e. The summed E-state index contributed by atoms with van der Waals surface area (Å²) in [5, 5.41) is 10.6. The van der Waals surface area contributed by atoms with Crippen molar-refractivity contribution in [1.29, 1.82) is 0 Å². The van der Waals surface area contributed by atoms with E-state index in [4.69, 9.17) is 4.52 Å². The quantitative estimate of drug-likeness (QED) is 0.417. The summed E-state index contributed by atoms with van der Waals surface area (Å²) in [5.74, 6) is 3.37. The van der Waals surface area contributed by atoms with Gasteiger partial charge >= 0.3 is 0 Å². The number of aryl methyl sites for hydroxylation is 1. The van der Waals surface area contributed by atoms with Crippen molar-refractivity contribution in [1.82, 2.24) is 20.8 Å². The maximum absolute atomic E-state index is 5.23. The lowest BCUT2D eigenvalue weighted by Crippen LogP contribution is -2.38. The molecule has 0 atom stereocenters. The average molecular weight is 309 g/mol.